The van der Waals surface area contributed by atoms with Gasteiger partial charge in [-0.25, -0.2) is 4.98 Å². The highest BCUT2D eigenvalue weighted by atomic mass is 35.5. The Morgan fingerprint density at radius 2 is 2.05 bits per heavy atom. The summed E-state index contributed by atoms with van der Waals surface area (Å²) in [5.41, 5.74) is 1.10. The summed E-state index contributed by atoms with van der Waals surface area (Å²) in [5.74, 6) is 0.250. The Labute approximate surface area is 124 Å². The average Bonchev–Trinajstić information content (AvgIpc) is 2.46. The van der Waals surface area contributed by atoms with E-state index in [1.54, 1.807) is 6.07 Å². The second-order valence-corrected chi connectivity index (χ2v) is 5.56. The van der Waals surface area contributed by atoms with Crippen LogP contribution in [0, 0.1) is 5.92 Å². The van der Waals surface area contributed by atoms with Crippen molar-refractivity contribution in [3.05, 3.63) is 41.0 Å². The zero-order valence-corrected chi connectivity index (χ0v) is 12.7. The van der Waals surface area contributed by atoms with Crippen LogP contribution >= 0.6 is 11.6 Å². The summed E-state index contributed by atoms with van der Waals surface area (Å²) in [4.78, 5) is 16.6. The number of carbonyl (C=O) groups excluding carboxylic acids is 1. The van der Waals surface area contributed by atoms with Gasteiger partial charge in [0.15, 0.2) is 0 Å². The summed E-state index contributed by atoms with van der Waals surface area (Å²) in [6.45, 7) is 6.24. The maximum absolute atomic E-state index is 12.2. The Kier molecular flexibility index (Phi) is 4.61. The van der Waals surface area contributed by atoms with E-state index in [9.17, 15) is 4.79 Å². The first kappa shape index (κ1) is 14.8. The van der Waals surface area contributed by atoms with Crippen LogP contribution in [0.1, 0.15) is 37.7 Å². The Morgan fingerprint density at radius 1 is 1.35 bits per heavy atom. The molecule has 2 rings (SSSR count). The molecule has 106 valence electrons. The topological polar surface area (TPSA) is 42.0 Å². The van der Waals surface area contributed by atoms with E-state index in [1.165, 1.54) is 0 Å². The fourth-order valence-corrected chi connectivity index (χ4v) is 2.29. The Hall–Kier alpha value is -1.61. The molecule has 0 radical (unpaired) electrons. The van der Waals surface area contributed by atoms with Gasteiger partial charge in [0.25, 0.3) is 5.91 Å². The number of pyridine rings is 1. The summed E-state index contributed by atoms with van der Waals surface area (Å²) in [5, 5.41) is 4.39. The number of para-hydroxylation sites is 1. The van der Waals surface area contributed by atoms with Gasteiger partial charge in [0.2, 0.25) is 0 Å². The highest BCUT2D eigenvalue weighted by Gasteiger charge is 2.16. The highest BCUT2D eigenvalue weighted by Crippen LogP contribution is 2.22. The van der Waals surface area contributed by atoms with Gasteiger partial charge < -0.3 is 5.32 Å². The molecule has 0 aliphatic heterocycles. The lowest BCUT2D eigenvalue weighted by atomic mass is 10.0. The molecule has 1 amide bonds. The number of hydrogen-bond donors (Lipinski definition) is 1. The van der Waals surface area contributed by atoms with Crippen LogP contribution in [-0.4, -0.2) is 16.9 Å². The van der Waals surface area contributed by atoms with Crippen molar-refractivity contribution < 1.29 is 4.79 Å². The molecular formula is C16H19ClN2O. The summed E-state index contributed by atoms with van der Waals surface area (Å²) in [6, 6.07) is 9.28. The standard InChI is InChI=1S/C16H19ClN2O/c1-4-10(2)11(3)18-16(20)15-9-13(17)12-7-5-6-8-14(12)19-15/h5-11H,4H2,1-3H3,(H,18,20). The molecule has 0 fully saturated rings. The lowest BCUT2D eigenvalue weighted by molar-refractivity contribution is 0.0923. The van der Waals surface area contributed by atoms with Gasteiger partial charge in [-0.1, -0.05) is 50.1 Å². The van der Waals surface area contributed by atoms with Gasteiger partial charge in [-0.3, -0.25) is 4.79 Å². The van der Waals surface area contributed by atoms with Crippen molar-refractivity contribution >= 4 is 28.4 Å². The molecule has 1 aromatic carbocycles. The van der Waals surface area contributed by atoms with Crippen molar-refractivity contribution in [2.24, 2.45) is 5.92 Å². The van der Waals surface area contributed by atoms with Gasteiger partial charge in [0.1, 0.15) is 5.69 Å². The van der Waals surface area contributed by atoms with Crippen molar-refractivity contribution in [3.63, 3.8) is 0 Å². The van der Waals surface area contributed by atoms with Crippen molar-refractivity contribution in [1.82, 2.24) is 10.3 Å². The van der Waals surface area contributed by atoms with Crippen molar-refractivity contribution in [1.29, 1.82) is 0 Å². The summed E-state index contributed by atoms with van der Waals surface area (Å²) in [7, 11) is 0. The molecule has 0 saturated carbocycles. The molecule has 1 heterocycles. The lowest BCUT2D eigenvalue weighted by Gasteiger charge is -2.19. The Bertz CT molecular complexity index is 627. The van der Waals surface area contributed by atoms with Gasteiger partial charge in [-0.2, -0.15) is 0 Å². The maximum Gasteiger partial charge on any atom is 0.270 e. The molecule has 1 N–H and O–H groups in total. The largest absolute Gasteiger partial charge is 0.348 e. The van der Waals surface area contributed by atoms with E-state index in [1.807, 2.05) is 31.2 Å². The number of hydrogen-bond acceptors (Lipinski definition) is 2. The van der Waals surface area contributed by atoms with Crippen LogP contribution in [0.4, 0.5) is 0 Å². The predicted molar refractivity (Wildman–Crippen MR) is 83.1 cm³/mol. The molecule has 0 spiro atoms. The quantitative estimate of drug-likeness (QED) is 0.923. The third-order valence-electron chi connectivity index (χ3n) is 3.75. The van der Waals surface area contributed by atoms with E-state index >= 15 is 0 Å². The van der Waals surface area contributed by atoms with Crippen LogP contribution in [-0.2, 0) is 0 Å². The molecule has 0 aliphatic rings. The second-order valence-electron chi connectivity index (χ2n) is 5.15. The zero-order valence-electron chi connectivity index (χ0n) is 12.0. The van der Waals surface area contributed by atoms with Crippen LogP contribution in [0.25, 0.3) is 10.9 Å². The zero-order chi connectivity index (χ0) is 14.7. The number of amides is 1. The number of benzene rings is 1. The fraction of sp³-hybridized carbons (Fsp3) is 0.375. The molecular weight excluding hydrogens is 272 g/mol. The molecule has 20 heavy (non-hydrogen) atoms. The van der Waals surface area contributed by atoms with Gasteiger partial charge in [-0.05, 0) is 25.0 Å². The molecule has 4 heteroatoms. The minimum Gasteiger partial charge on any atom is -0.348 e. The first-order chi connectivity index (χ1) is 9.52. The van der Waals surface area contributed by atoms with Gasteiger partial charge in [-0.15, -0.1) is 0 Å². The number of carbonyl (C=O) groups is 1. The third-order valence-corrected chi connectivity index (χ3v) is 4.07. The van der Waals surface area contributed by atoms with Crippen LogP contribution < -0.4 is 5.32 Å². The van der Waals surface area contributed by atoms with Crippen molar-refractivity contribution in [3.8, 4) is 0 Å². The van der Waals surface area contributed by atoms with Gasteiger partial charge in [0.05, 0.1) is 10.5 Å². The van der Waals surface area contributed by atoms with E-state index in [0.29, 0.717) is 16.6 Å². The first-order valence-electron chi connectivity index (χ1n) is 6.89. The van der Waals surface area contributed by atoms with Crippen molar-refractivity contribution in [2.75, 3.05) is 0 Å². The highest BCUT2D eigenvalue weighted by molar-refractivity contribution is 6.35. The summed E-state index contributed by atoms with van der Waals surface area (Å²) in [6.07, 6.45) is 1.02. The van der Waals surface area contributed by atoms with Crippen LogP contribution in [0.5, 0.6) is 0 Å². The van der Waals surface area contributed by atoms with E-state index in [2.05, 4.69) is 24.1 Å². The monoisotopic (exact) mass is 290 g/mol. The first-order valence-corrected chi connectivity index (χ1v) is 7.27. The van der Waals surface area contributed by atoms with E-state index in [4.69, 9.17) is 11.6 Å². The van der Waals surface area contributed by atoms with Crippen LogP contribution in [0.2, 0.25) is 5.02 Å². The minimum atomic E-state index is -0.176. The fourth-order valence-electron chi connectivity index (χ4n) is 2.03. The number of rotatable bonds is 4. The molecule has 3 nitrogen and oxygen atoms in total. The summed E-state index contributed by atoms with van der Waals surface area (Å²) < 4.78 is 0. The second kappa shape index (κ2) is 6.23. The third kappa shape index (κ3) is 3.10. The minimum absolute atomic E-state index is 0.111. The normalized spacial score (nSPS) is 14.0. The maximum atomic E-state index is 12.2. The summed E-state index contributed by atoms with van der Waals surface area (Å²) >= 11 is 6.21. The van der Waals surface area contributed by atoms with Gasteiger partial charge >= 0.3 is 0 Å². The van der Waals surface area contributed by atoms with Crippen LogP contribution in [0.15, 0.2) is 30.3 Å². The Balaban J connectivity index is 2.27. The smallest absolute Gasteiger partial charge is 0.270 e. The average molecular weight is 291 g/mol. The Morgan fingerprint density at radius 3 is 2.75 bits per heavy atom. The SMILES string of the molecule is CCC(C)C(C)NC(=O)c1cc(Cl)c2ccccc2n1. The number of halogens is 1. The van der Waals surface area contributed by atoms with E-state index in [0.717, 1.165) is 17.3 Å². The van der Waals surface area contributed by atoms with Crippen molar-refractivity contribution in [2.45, 2.75) is 33.2 Å². The lowest BCUT2D eigenvalue weighted by Crippen LogP contribution is -2.37. The van der Waals surface area contributed by atoms with Crippen LogP contribution in [0.3, 0.4) is 0 Å². The number of aromatic nitrogens is 1. The van der Waals surface area contributed by atoms with E-state index < -0.39 is 0 Å². The molecule has 1 aromatic heterocycles. The predicted octanol–water partition coefficient (Wildman–Crippen LogP) is 4.05. The number of nitrogens with zero attached hydrogens (tertiary/aromatic N) is 1. The molecule has 2 aromatic rings. The molecule has 0 aliphatic carbocycles. The number of nitrogens with one attached hydrogen (secondary N) is 1. The molecule has 0 saturated heterocycles. The number of fused-ring (bicyclic) bond motifs is 1. The molecule has 2 atom stereocenters. The van der Waals surface area contributed by atoms with E-state index in [-0.39, 0.29) is 11.9 Å². The molecule has 2 unspecified atom stereocenters. The van der Waals surface area contributed by atoms with Gasteiger partial charge in [0, 0.05) is 11.4 Å². The molecule has 0 bridgehead atoms.